The van der Waals surface area contributed by atoms with Gasteiger partial charge in [0, 0.05) is 6.20 Å². The van der Waals surface area contributed by atoms with Crippen molar-refractivity contribution in [2.24, 2.45) is 0 Å². The summed E-state index contributed by atoms with van der Waals surface area (Å²) in [4.78, 5) is 15.4. The van der Waals surface area contributed by atoms with Crippen molar-refractivity contribution in [3.05, 3.63) is 53.6 Å². The number of aryl methyl sites for hydroxylation is 1. The fourth-order valence-electron chi connectivity index (χ4n) is 1.48. The summed E-state index contributed by atoms with van der Waals surface area (Å²) in [6, 6.07) is 5.93. The topological polar surface area (TPSA) is 62.2 Å². The summed E-state index contributed by atoms with van der Waals surface area (Å²) in [5, 5.41) is 12.1. The minimum absolute atomic E-state index is 0.0345. The van der Waals surface area contributed by atoms with E-state index < -0.39 is 11.7 Å². The van der Waals surface area contributed by atoms with E-state index in [0.29, 0.717) is 0 Å². The number of phenolic OH excluding ortho intramolecular Hbond substituents is 1. The fourth-order valence-corrected chi connectivity index (χ4v) is 1.48. The van der Waals surface area contributed by atoms with E-state index >= 15 is 0 Å². The van der Waals surface area contributed by atoms with Gasteiger partial charge in [-0.25, -0.2) is 4.39 Å². The molecule has 0 aliphatic carbocycles. The lowest BCUT2D eigenvalue weighted by molar-refractivity contribution is 0.102. The van der Waals surface area contributed by atoms with Gasteiger partial charge < -0.3 is 10.4 Å². The van der Waals surface area contributed by atoms with Crippen LogP contribution >= 0.6 is 0 Å². The van der Waals surface area contributed by atoms with Crippen LogP contribution in [0.4, 0.5) is 10.1 Å². The van der Waals surface area contributed by atoms with Crippen molar-refractivity contribution in [3.8, 4) is 5.75 Å². The second-order valence-electron chi connectivity index (χ2n) is 3.87. The van der Waals surface area contributed by atoms with Crippen LogP contribution in [-0.2, 0) is 0 Å². The molecule has 2 rings (SSSR count). The van der Waals surface area contributed by atoms with Crippen molar-refractivity contribution in [2.75, 3.05) is 5.32 Å². The molecule has 1 amide bonds. The normalized spacial score (nSPS) is 10.1. The molecule has 5 heteroatoms. The van der Waals surface area contributed by atoms with Gasteiger partial charge in [0.05, 0.1) is 17.4 Å². The number of aromatic hydroxyl groups is 1. The molecule has 0 saturated heterocycles. The lowest BCUT2D eigenvalue weighted by Crippen LogP contribution is -2.12. The molecular formula is C13H11FN2O2. The number of amides is 1. The van der Waals surface area contributed by atoms with E-state index in [1.165, 1.54) is 12.3 Å². The molecule has 0 aliphatic rings. The molecule has 0 spiro atoms. The molecule has 0 fully saturated rings. The van der Waals surface area contributed by atoms with E-state index in [0.717, 1.165) is 17.8 Å². The summed E-state index contributed by atoms with van der Waals surface area (Å²) in [6.45, 7) is 1.82. The maximum absolute atomic E-state index is 12.9. The highest BCUT2D eigenvalue weighted by Gasteiger charge is 2.10. The van der Waals surface area contributed by atoms with E-state index in [-0.39, 0.29) is 17.0 Å². The van der Waals surface area contributed by atoms with E-state index in [1.807, 2.05) is 6.92 Å². The number of benzene rings is 1. The van der Waals surface area contributed by atoms with Crippen molar-refractivity contribution >= 4 is 11.6 Å². The minimum Gasteiger partial charge on any atom is -0.506 e. The van der Waals surface area contributed by atoms with Crippen molar-refractivity contribution in [2.45, 2.75) is 6.92 Å². The summed E-state index contributed by atoms with van der Waals surface area (Å²) in [7, 11) is 0. The van der Waals surface area contributed by atoms with Gasteiger partial charge in [0.25, 0.3) is 5.91 Å². The molecule has 0 atom stereocenters. The monoisotopic (exact) mass is 246 g/mol. The average Bonchev–Trinajstić information content (AvgIpc) is 2.32. The Morgan fingerprint density at radius 1 is 1.33 bits per heavy atom. The van der Waals surface area contributed by atoms with Crippen molar-refractivity contribution < 1.29 is 14.3 Å². The van der Waals surface area contributed by atoms with Crippen LogP contribution in [-0.4, -0.2) is 16.0 Å². The Morgan fingerprint density at radius 2 is 2.11 bits per heavy atom. The zero-order chi connectivity index (χ0) is 13.1. The third kappa shape index (κ3) is 2.63. The van der Waals surface area contributed by atoms with Crippen LogP contribution < -0.4 is 5.32 Å². The molecule has 0 unspecified atom stereocenters. The number of carbonyl (C=O) groups excluding carboxylic acids is 1. The first-order valence-corrected chi connectivity index (χ1v) is 5.28. The molecule has 18 heavy (non-hydrogen) atoms. The van der Waals surface area contributed by atoms with Gasteiger partial charge in [0.15, 0.2) is 0 Å². The highest BCUT2D eigenvalue weighted by Crippen LogP contribution is 2.24. The molecule has 92 valence electrons. The number of aromatic nitrogens is 1. The quantitative estimate of drug-likeness (QED) is 0.800. The van der Waals surface area contributed by atoms with Gasteiger partial charge in [-0.3, -0.25) is 9.78 Å². The van der Waals surface area contributed by atoms with Gasteiger partial charge in [-0.05, 0) is 30.7 Å². The predicted molar refractivity (Wildman–Crippen MR) is 65.0 cm³/mol. The Labute approximate surface area is 103 Å². The number of carbonyl (C=O) groups is 1. The second-order valence-corrected chi connectivity index (χ2v) is 3.87. The minimum atomic E-state index is -0.587. The Morgan fingerprint density at radius 3 is 2.78 bits per heavy atom. The van der Waals surface area contributed by atoms with Gasteiger partial charge >= 0.3 is 0 Å². The maximum Gasteiger partial charge on any atom is 0.257 e. The van der Waals surface area contributed by atoms with Crippen LogP contribution in [0.2, 0.25) is 0 Å². The van der Waals surface area contributed by atoms with Gasteiger partial charge in [0.1, 0.15) is 11.6 Å². The first-order valence-electron chi connectivity index (χ1n) is 5.28. The third-order valence-corrected chi connectivity index (χ3v) is 2.37. The molecule has 0 bridgehead atoms. The molecule has 4 nitrogen and oxygen atoms in total. The standard InChI is InChI=1S/C13H11FN2O2/c1-8-2-3-11(12(17)4-8)16-13(18)9-5-10(14)7-15-6-9/h2-7,17H,1H3,(H,16,18). The first kappa shape index (κ1) is 12.0. The van der Waals surface area contributed by atoms with Crippen LogP contribution in [0.15, 0.2) is 36.7 Å². The van der Waals surface area contributed by atoms with E-state index in [4.69, 9.17) is 0 Å². The molecule has 1 aromatic carbocycles. The summed E-state index contributed by atoms with van der Waals surface area (Å²) < 4.78 is 12.9. The first-order chi connectivity index (χ1) is 8.56. The number of halogens is 1. The van der Waals surface area contributed by atoms with Crippen LogP contribution in [0.25, 0.3) is 0 Å². The van der Waals surface area contributed by atoms with Crippen molar-refractivity contribution in [3.63, 3.8) is 0 Å². The zero-order valence-corrected chi connectivity index (χ0v) is 9.64. The largest absolute Gasteiger partial charge is 0.506 e. The zero-order valence-electron chi connectivity index (χ0n) is 9.64. The molecule has 1 aromatic heterocycles. The maximum atomic E-state index is 12.9. The van der Waals surface area contributed by atoms with E-state index in [9.17, 15) is 14.3 Å². The van der Waals surface area contributed by atoms with Crippen LogP contribution in [0.3, 0.4) is 0 Å². The summed E-state index contributed by atoms with van der Waals surface area (Å²) in [6.07, 6.45) is 2.27. The number of hydrogen-bond donors (Lipinski definition) is 2. The second kappa shape index (κ2) is 4.83. The number of phenols is 1. The van der Waals surface area contributed by atoms with Gasteiger partial charge in [-0.2, -0.15) is 0 Å². The van der Waals surface area contributed by atoms with Crippen molar-refractivity contribution in [1.29, 1.82) is 0 Å². The lowest BCUT2D eigenvalue weighted by Gasteiger charge is -2.07. The molecular weight excluding hydrogens is 235 g/mol. The summed E-state index contributed by atoms with van der Waals surface area (Å²) >= 11 is 0. The summed E-state index contributed by atoms with van der Waals surface area (Å²) in [5.74, 6) is -1.15. The number of hydrogen-bond acceptors (Lipinski definition) is 3. The smallest absolute Gasteiger partial charge is 0.257 e. The highest BCUT2D eigenvalue weighted by molar-refractivity contribution is 6.04. The summed E-state index contributed by atoms with van der Waals surface area (Å²) in [5.41, 5.74) is 1.24. The van der Waals surface area contributed by atoms with Crippen molar-refractivity contribution in [1.82, 2.24) is 4.98 Å². The highest BCUT2D eigenvalue weighted by atomic mass is 19.1. The molecule has 2 N–H and O–H groups in total. The lowest BCUT2D eigenvalue weighted by atomic mass is 10.2. The Bertz CT molecular complexity index is 599. The predicted octanol–water partition coefficient (Wildman–Crippen LogP) is 2.49. The molecule has 1 heterocycles. The number of pyridine rings is 1. The third-order valence-electron chi connectivity index (χ3n) is 2.37. The number of rotatable bonds is 2. The average molecular weight is 246 g/mol. The van der Waals surface area contributed by atoms with E-state index in [2.05, 4.69) is 10.3 Å². The van der Waals surface area contributed by atoms with Gasteiger partial charge in [-0.15, -0.1) is 0 Å². The van der Waals surface area contributed by atoms with Crippen LogP contribution in [0.5, 0.6) is 5.75 Å². The molecule has 0 radical (unpaired) electrons. The Hall–Kier alpha value is -2.43. The van der Waals surface area contributed by atoms with E-state index in [1.54, 1.807) is 12.1 Å². The van der Waals surface area contributed by atoms with Crippen LogP contribution in [0, 0.1) is 12.7 Å². The van der Waals surface area contributed by atoms with Gasteiger partial charge in [0.2, 0.25) is 0 Å². The van der Waals surface area contributed by atoms with Gasteiger partial charge in [-0.1, -0.05) is 6.07 Å². The number of nitrogens with zero attached hydrogens (tertiary/aromatic N) is 1. The molecule has 2 aromatic rings. The Kier molecular flexibility index (Phi) is 3.23. The number of nitrogens with one attached hydrogen (secondary N) is 1. The Balaban J connectivity index is 2.21. The SMILES string of the molecule is Cc1ccc(NC(=O)c2cncc(F)c2)c(O)c1. The molecule has 0 saturated carbocycles. The molecule has 0 aliphatic heterocycles. The number of anilines is 1. The fraction of sp³-hybridized carbons (Fsp3) is 0.0769. The van der Waals surface area contributed by atoms with Crippen LogP contribution in [0.1, 0.15) is 15.9 Å².